The summed E-state index contributed by atoms with van der Waals surface area (Å²) in [4.78, 5) is 22.3. The number of hydrogen-bond donors (Lipinski definition) is 0. The molecule has 1 saturated heterocycles. The lowest BCUT2D eigenvalue weighted by atomic mass is 10.2. The first-order valence-electron chi connectivity index (χ1n) is 9.66. The molecule has 4 rings (SSSR count). The van der Waals surface area contributed by atoms with Crippen LogP contribution in [0.4, 0.5) is 5.13 Å². The highest BCUT2D eigenvalue weighted by molar-refractivity contribution is 7.22. The number of thiazole rings is 1. The number of nitrogens with zero attached hydrogens (tertiary/aromatic N) is 3. The van der Waals surface area contributed by atoms with Crippen molar-refractivity contribution in [3.8, 4) is 0 Å². The summed E-state index contributed by atoms with van der Waals surface area (Å²) < 4.78 is 12.1. The Morgan fingerprint density at radius 2 is 2.00 bits per heavy atom. The summed E-state index contributed by atoms with van der Waals surface area (Å²) >= 11 is 1.56. The minimum atomic E-state index is -0.0459. The van der Waals surface area contributed by atoms with Gasteiger partial charge in [0.1, 0.15) is 11.5 Å². The van der Waals surface area contributed by atoms with E-state index in [1.165, 1.54) is 0 Å². The number of rotatable bonds is 6. The van der Waals surface area contributed by atoms with Gasteiger partial charge in [0.05, 0.1) is 29.0 Å². The summed E-state index contributed by atoms with van der Waals surface area (Å²) in [6.45, 7) is 8.75. The molecule has 2 aromatic heterocycles. The molecule has 1 aliphatic rings. The molecular formula is C21H26ClN3O3S. The Morgan fingerprint density at radius 1 is 1.24 bits per heavy atom. The lowest BCUT2D eigenvalue weighted by Gasteiger charge is -2.27. The van der Waals surface area contributed by atoms with Crippen molar-refractivity contribution < 1.29 is 13.9 Å². The van der Waals surface area contributed by atoms with Gasteiger partial charge < -0.3 is 9.15 Å². The molecule has 3 aromatic rings. The number of aromatic nitrogens is 1. The fourth-order valence-corrected chi connectivity index (χ4v) is 4.52. The molecule has 0 aliphatic carbocycles. The Kier molecular flexibility index (Phi) is 7.29. The molecular weight excluding hydrogens is 410 g/mol. The summed E-state index contributed by atoms with van der Waals surface area (Å²) in [6.07, 6.45) is 0.886. The standard InChI is InChI=1S/C21H25N3O3S.ClH/c1-15-14-17(16(2)27-15)20(25)24(9-5-8-23-10-12-26-13-11-23)21-22-18-6-3-4-7-19(18)28-21;/h3-4,6-7,14H,5,8-13H2,1-2H3;1H. The molecule has 0 unspecified atom stereocenters. The number of amides is 1. The highest BCUT2D eigenvalue weighted by atomic mass is 35.5. The quantitative estimate of drug-likeness (QED) is 0.577. The molecule has 156 valence electrons. The number of halogens is 1. The van der Waals surface area contributed by atoms with Gasteiger partial charge in [-0.25, -0.2) is 4.98 Å². The normalized spacial score (nSPS) is 14.7. The number of para-hydroxylation sites is 1. The first kappa shape index (κ1) is 21.8. The highest BCUT2D eigenvalue weighted by Gasteiger charge is 2.24. The summed E-state index contributed by atoms with van der Waals surface area (Å²) in [7, 11) is 0. The van der Waals surface area contributed by atoms with Crippen molar-refractivity contribution in [1.29, 1.82) is 0 Å². The van der Waals surface area contributed by atoms with Crippen LogP contribution >= 0.6 is 23.7 Å². The predicted octanol–water partition coefficient (Wildman–Crippen LogP) is 4.30. The van der Waals surface area contributed by atoms with E-state index in [9.17, 15) is 4.79 Å². The zero-order chi connectivity index (χ0) is 19.5. The monoisotopic (exact) mass is 435 g/mol. The van der Waals surface area contributed by atoms with Gasteiger partial charge in [0, 0.05) is 26.2 Å². The fourth-order valence-electron chi connectivity index (χ4n) is 3.53. The average molecular weight is 436 g/mol. The van der Waals surface area contributed by atoms with Gasteiger partial charge >= 0.3 is 0 Å². The number of ether oxygens (including phenoxy) is 1. The molecule has 8 heteroatoms. The maximum Gasteiger partial charge on any atom is 0.263 e. The Morgan fingerprint density at radius 3 is 2.69 bits per heavy atom. The van der Waals surface area contributed by atoms with Gasteiger partial charge in [-0.1, -0.05) is 23.5 Å². The Balaban J connectivity index is 0.00000240. The molecule has 0 N–H and O–H groups in total. The zero-order valence-corrected chi connectivity index (χ0v) is 18.4. The van der Waals surface area contributed by atoms with Crippen molar-refractivity contribution in [2.24, 2.45) is 0 Å². The van der Waals surface area contributed by atoms with Crippen molar-refractivity contribution in [2.75, 3.05) is 44.3 Å². The van der Waals surface area contributed by atoms with E-state index < -0.39 is 0 Å². The third-order valence-electron chi connectivity index (χ3n) is 4.99. The summed E-state index contributed by atoms with van der Waals surface area (Å²) in [5.41, 5.74) is 1.54. The Bertz CT molecular complexity index is 932. The predicted molar refractivity (Wildman–Crippen MR) is 119 cm³/mol. The van der Waals surface area contributed by atoms with Gasteiger partial charge in [-0.15, -0.1) is 12.4 Å². The van der Waals surface area contributed by atoms with Crippen molar-refractivity contribution in [2.45, 2.75) is 20.3 Å². The van der Waals surface area contributed by atoms with Crippen molar-refractivity contribution in [1.82, 2.24) is 9.88 Å². The first-order valence-corrected chi connectivity index (χ1v) is 10.5. The van der Waals surface area contributed by atoms with Crippen LogP contribution in [0.1, 0.15) is 28.3 Å². The van der Waals surface area contributed by atoms with Crippen molar-refractivity contribution in [3.63, 3.8) is 0 Å². The maximum absolute atomic E-state index is 13.3. The fraction of sp³-hybridized carbons (Fsp3) is 0.429. The zero-order valence-electron chi connectivity index (χ0n) is 16.7. The largest absolute Gasteiger partial charge is 0.466 e. The van der Waals surface area contributed by atoms with Gasteiger partial charge in [-0.05, 0) is 38.5 Å². The third kappa shape index (κ3) is 4.98. The Labute approximate surface area is 180 Å². The number of benzene rings is 1. The van der Waals surface area contributed by atoms with E-state index >= 15 is 0 Å². The third-order valence-corrected chi connectivity index (χ3v) is 6.05. The molecule has 3 heterocycles. The summed E-state index contributed by atoms with van der Waals surface area (Å²) in [5, 5.41) is 0.742. The molecule has 29 heavy (non-hydrogen) atoms. The lowest BCUT2D eigenvalue weighted by Crippen LogP contribution is -2.39. The minimum absolute atomic E-state index is 0. The van der Waals surface area contributed by atoms with Crippen LogP contribution in [0.15, 0.2) is 34.7 Å². The van der Waals surface area contributed by atoms with Crippen LogP contribution in [0.5, 0.6) is 0 Å². The van der Waals surface area contributed by atoms with Crippen LogP contribution in [0.3, 0.4) is 0 Å². The Hall–Kier alpha value is -1.93. The average Bonchev–Trinajstić information content (AvgIpc) is 3.28. The lowest BCUT2D eigenvalue weighted by molar-refractivity contribution is 0.0376. The minimum Gasteiger partial charge on any atom is -0.466 e. The number of hydrogen-bond acceptors (Lipinski definition) is 6. The molecule has 0 atom stereocenters. The first-order chi connectivity index (χ1) is 13.6. The van der Waals surface area contributed by atoms with Gasteiger partial charge in [0.25, 0.3) is 5.91 Å². The van der Waals surface area contributed by atoms with Gasteiger partial charge in [0.15, 0.2) is 5.13 Å². The molecule has 0 bridgehead atoms. The number of carbonyl (C=O) groups is 1. The van der Waals surface area contributed by atoms with E-state index in [2.05, 4.69) is 4.90 Å². The van der Waals surface area contributed by atoms with E-state index in [0.717, 1.165) is 60.4 Å². The van der Waals surface area contributed by atoms with E-state index in [0.29, 0.717) is 17.9 Å². The van der Waals surface area contributed by atoms with Crippen LogP contribution in [0.25, 0.3) is 10.2 Å². The second-order valence-electron chi connectivity index (χ2n) is 7.06. The molecule has 1 amide bonds. The van der Waals surface area contributed by atoms with Crippen molar-refractivity contribution >= 4 is 45.0 Å². The summed E-state index contributed by atoms with van der Waals surface area (Å²) in [5.74, 6) is 1.36. The molecule has 0 spiro atoms. The number of aryl methyl sites for hydroxylation is 2. The van der Waals surface area contributed by atoms with E-state index in [4.69, 9.17) is 14.1 Å². The number of morpholine rings is 1. The van der Waals surface area contributed by atoms with Gasteiger partial charge in [0.2, 0.25) is 0 Å². The van der Waals surface area contributed by atoms with E-state index in [1.807, 2.05) is 49.1 Å². The second-order valence-corrected chi connectivity index (χ2v) is 8.06. The van der Waals surface area contributed by atoms with Crippen LogP contribution in [-0.4, -0.2) is 55.2 Å². The molecule has 1 aromatic carbocycles. The van der Waals surface area contributed by atoms with E-state index in [-0.39, 0.29) is 18.3 Å². The molecule has 1 aliphatic heterocycles. The molecule has 0 saturated carbocycles. The molecule has 6 nitrogen and oxygen atoms in total. The highest BCUT2D eigenvalue weighted by Crippen LogP contribution is 2.30. The topological polar surface area (TPSA) is 58.8 Å². The van der Waals surface area contributed by atoms with E-state index in [1.54, 1.807) is 11.3 Å². The second kappa shape index (κ2) is 9.71. The number of furan rings is 1. The van der Waals surface area contributed by atoms with Crippen LogP contribution in [0, 0.1) is 13.8 Å². The number of fused-ring (bicyclic) bond motifs is 1. The SMILES string of the molecule is Cc1cc(C(=O)N(CCCN2CCOCC2)c2nc3ccccc3s2)c(C)o1.Cl. The van der Waals surface area contributed by atoms with Crippen LogP contribution in [0.2, 0.25) is 0 Å². The maximum atomic E-state index is 13.3. The smallest absolute Gasteiger partial charge is 0.263 e. The molecule has 1 fully saturated rings. The van der Waals surface area contributed by atoms with Crippen LogP contribution in [-0.2, 0) is 4.74 Å². The summed E-state index contributed by atoms with van der Waals surface area (Å²) in [6, 6.07) is 9.82. The number of carbonyl (C=O) groups excluding carboxylic acids is 1. The van der Waals surface area contributed by atoms with Crippen molar-refractivity contribution in [3.05, 3.63) is 47.4 Å². The van der Waals surface area contributed by atoms with Gasteiger partial charge in [-0.2, -0.15) is 0 Å². The van der Waals surface area contributed by atoms with Gasteiger partial charge in [-0.3, -0.25) is 14.6 Å². The van der Waals surface area contributed by atoms with Crippen LogP contribution < -0.4 is 4.90 Å². The molecule has 0 radical (unpaired) electrons. The number of anilines is 1.